The average Bonchev–Trinajstić information content (AvgIpc) is 2.47. The summed E-state index contributed by atoms with van der Waals surface area (Å²) >= 11 is 5.75. The number of sulfone groups is 1. The topological polar surface area (TPSA) is 80.5 Å². The minimum absolute atomic E-state index is 0. The molecule has 0 aliphatic carbocycles. The number of nitrogens with zero attached hydrogens (tertiary/aromatic N) is 1. The standard InChI is InChI=1S/C15H21ClN2O3S.ClH/c1-11(17)12-3-2-8-18(9-12)15(19)10-22(20,21)14-6-4-13(16)5-7-14;/h4-7,11-12H,2-3,8-10,17H2,1H3;1H. The van der Waals surface area contributed by atoms with Crippen molar-refractivity contribution in [1.29, 1.82) is 0 Å². The fourth-order valence-corrected chi connectivity index (χ4v) is 4.00. The van der Waals surface area contributed by atoms with Gasteiger partial charge in [0.25, 0.3) is 0 Å². The number of rotatable bonds is 4. The molecule has 23 heavy (non-hydrogen) atoms. The Kier molecular flexibility index (Phi) is 7.32. The van der Waals surface area contributed by atoms with Crippen LogP contribution in [0.3, 0.4) is 0 Å². The summed E-state index contributed by atoms with van der Waals surface area (Å²) in [4.78, 5) is 14.0. The molecule has 0 saturated carbocycles. The molecule has 1 aliphatic heterocycles. The van der Waals surface area contributed by atoms with Gasteiger partial charge < -0.3 is 10.6 Å². The van der Waals surface area contributed by atoms with Crippen LogP contribution in [0.1, 0.15) is 19.8 Å². The van der Waals surface area contributed by atoms with Crippen LogP contribution in [0.25, 0.3) is 0 Å². The second kappa shape index (κ2) is 8.33. The summed E-state index contributed by atoms with van der Waals surface area (Å²) in [6.45, 7) is 3.05. The molecule has 2 unspecified atom stereocenters. The van der Waals surface area contributed by atoms with E-state index in [0.717, 1.165) is 12.8 Å². The highest BCUT2D eigenvalue weighted by molar-refractivity contribution is 7.92. The molecule has 1 amide bonds. The van der Waals surface area contributed by atoms with Crippen LogP contribution in [0.4, 0.5) is 0 Å². The fourth-order valence-electron chi connectivity index (χ4n) is 2.64. The molecule has 1 aromatic rings. The van der Waals surface area contributed by atoms with Gasteiger partial charge in [-0.2, -0.15) is 0 Å². The third-order valence-electron chi connectivity index (χ3n) is 4.04. The van der Waals surface area contributed by atoms with Crippen LogP contribution in [-0.4, -0.2) is 44.1 Å². The van der Waals surface area contributed by atoms with Crippen molar-refractivity contribution in [2.24, 2.45) is 11.7 Å². The molecule has 1 fully saturated rings. The third-order valence-corrected chi connectivity index (χ3v) is 5.91. The highest BCUT2D eigenvalue weighted by Crippen LogP contribution is 2.20. The molecule has 2 atom stereocenters. The SMILES string of the molecule is CC(N)C1CCCN(C(=O)CS(=O)(=O)c2ccc(Cl)cc2)C1.Cl. The molecule has 1 saturated heterocycles. The number of hydrogen-bond donors (Lipinski definition) is 1. The number of carbonyl (C=O) groups excluding carboxylic acids is 1. The number of carbonyl (C=O) groups is 1. The summed E-state index contributed by atoms with van der Waals surface area (Å²) in [5, 5.41) is 0.459. The first-order valence-electron chi connectivity index (χ1n) is 7.31. The normalized spacial score (nSPS) is 19.8. The van der Waals surface area contributed by atoms with Crippen molar-refractivity contribution >= 4 is 39.8 Å². The molecule has 2 rings (SSSR count). The second-order valence-electron chi connectivity index (χ2n) is 5.81. The van der Waals surface area contributed by atoms with Crippen LogP contribution < -0.4 is 5.73 Å². The lowest BCUT2D eigenvalue weighted by atomic mass is 9.92. The zero-order valence-corrected chi connectivity index (χ0v) is 15.3. The Morgan fingerprint density at radius 2 is 2.00 bits per heavy atom. The van der Waals surface area contributed by atoms with E-state index < -0.39 is 15.6 Å². The van der Waals surface area contributed by atoms with Crippen molar-refractivity contribution in [2.45, 2.75) is 30.7 Å². The van der Waals surface area contributed by atoms with E-state index in [0.29, 0.717) is 18.1 Å². The summed E-state index contributed by atoms with van der Waals surface area (Å²) in [6.07, 6.45) is 1.84. The Bertz CT molecular complexity index is 633. The average molecular weight is 381 g/mol. The van der Waals surface area contributed by atoms with Crippen LogP contribution in [0.2, 0.25) is 5.02 Å². The highest BCUT2D eigenvalue weighted by atomic mass is 35.5. The summed E-state index contributed by atoms with van der Waals surface area (Å²) < 4.78 is 24.6. The molecule has 130 valence electrons. The number of likely N-dealkylation sites (tertiary alicyclic amines) is 1. The number of amides is 1. The minimum atomic E-state index is -3.64. The van der Waals surface area contributed by atoms with Gasteiger partial charge in [-0.25, -0.2) is 8.42 Å². The largest absolute Gasteiger partial charge is 0.341 e. The molecule has 0 spiro atoms. The van der Waals surface area contributed by atoms with Crippen LogP contribution in [0, 0.1) is 5.92 Å². The predicted octanol–water partition coefficient (Wildman–Crippen LogP) is 2.12. The minimum Gasteiger partial charge on any atom is -0.341 e. The Hall–Kier alpha value is -0.820. The van der Waals surface area contributed by atoms with E-state index in [9.17, 15) is 13.2 Å². The van der Waals surface area contributed by atoms with Gasteiger partial charge in [-0.1, -0.05) is 11.6 Å². The molecule has 0 bridgehead atoms. The van der Waals surface area contributed by atoms with E-state index in [2.05, 4.69) is 0 Å². The van der Waals surface area contributed by atoms with E-state index in [1.165, 1.54) is 24.3 Å². The van der Waals surface area contributed by atoms with Crippen molar-refractivity contribution in [2.75, 3.05) is 18.8 Å². The van der Waals surface area contributed by atoms with Gasteiger partial charge in [0.2, 0.25) is 5.91 Å². The lowest BCUT2D eigenvalue weighted by molar-refractivity contribution is -0.130. The number of benzene rings is 1. The maximum atomic E-state index is 12.3. The fraction of sp³-hybridized carbons (Fsp3) is 0.533. The van der Waals surface area contributed by atoms with Crippen LogP contribution >= 0.6 is 24.0 Å². The van der Waals surface area contributed by atoms with Crippen molar-refractivity contribution in [3.63, 3.8) is 0 Å². The van der Waals surface area contributed by atoms with E-state index in [1.807, 2.05) is 6.92 Å². The molecule has 8 heteroatoms. The van der Waals surface area contributed by atoms with Crippen molar-refractivity contribution < 1.29 is 13.2 Å². The van der Waals surface area contributed by atoms with Crippen molar-refractivity contribution in [1.82, 2.24) is 4.90 Å². The quantitative estimate of drug-likeness (QED) is 0.867. The molecule has 0 radical (unpaired) electrons. The first-order valence-corrected chi connectivity index (χ1v) is 9.34. The predicted molar refractivity (Wildman–Crippen MR) is 93.7 cm³/mol. The monoisotopic (exact) mass is 380 g/mol. The number of nitrogens with two attached hydrogens (primary N) is 1. The van der Waals surface area contributed by atoms with Gasteiger partial charge >= 0.3 is 0 Å². The van der Waals surface area contributed by atoms with Gasteiger partial charge in [0.1, 0.15) is 5.75 Å². The molecule has 1 aliphatic rings. The summed E-state index contributed by atoms with van der Waals surface area (Å²) in [7, 11) is -3.64. The Morgan fingerprint density at radius 1 is 1.39 bits per heavy atom. The van der Waals surface area contributed by atoms with Gasteiger partial charge in [0.15, 0.2) is 9.84 Å². The molecule has 1 aromatic carbocycles. The van der Waals surface area contributed by atoms with E-state index >= 15 is 0 Å². The number of piperidine rings is 1. The lowest BCUT2D eigenvalue weighted by Gasteiger charge is -2.34. The number of hydrogen-bond acceptors (Lipinski definition) is 4. The summed E-state index contributed by atoms with van der Waals surface area (Å²) in [5.41, 5.74) is 5.89. The zero-order valence-electron chi connectivity index (χ0n) is 12.9. The highest BCUT2D eigenvalue weighted by Gasteiger charge is 2.29. The Labute approximate surface area is 148 Å². The smallest absolute Gasteiger partial charge is 0.238 e. The van der Waals surface area contributed by atoms with E-state index in [-0.39, 0.29) is 35.2 Å². The van der Waals surface area contributed by atoms with Crippen molar-refractivity contribution in [3.05, 3.63) is 29.3 Å². The van der Waals surface area contributed by atoms with Gasteiger partial charge in [0.05, 0.1) is 4.90 Å². The van der Waals surface area contributed by atoms with Gasteiger partial charge in [-0.05, 0) is 49.9 Å². The van der Waals surface area contributed by atoms with Gasteiger partial charge in [-0.15, -0.1) is 12.4 Å². The third kappa shape index (κ3) is 5.35. The van der Waals surface area contributed by atoms with Crippen LogP contribution in [0.15, 0.2) is 29.2 Å². The zero-order chi connectivity index (χ0) is 16.3. The Morgan fingerprint density at radius 3 is 2.57 bits per heavy atom. The van der Waals surface area contributed by atoms with Crippen molar-refractivity contribution in [3.8, 4) is 0 Å². The molecule has 5 nitrogen and oxygen atoms in total. The van der Waals surface area contributed by atoms with Crippen LogP contribution in [0.5, 0.6) is 0 Å². The maximum Gasteiger partial charge on any atom is 0.238 e. The van der Waals surface area contributed by atoms with Crippen LogP contribution in [-0.2, 0) is 14.6 Å². The van der Waals surface area contributed by atoms with Gasteiger partial charge in [0, 0.05) is 24.2 Å². The number of halogens is 2. The molecule has 2 N–H and O–H groups in total. The molecular formula is C15H22Cl2N2O3S. The molecular weight excluding hydrogens is 359 g/mol. The maximum absolute atomic E-state index is 12.3. The van der Waals surface area contributed by atoms with E-state index in [1.54, 1.807) is 4.90 Å². The summed E-state index contributed by atoms with van der Waals surface area (Å²) in [6, 6.07) is 5.86. The first kappa shape index (κ1) is 20.2. The lowest BCUT2D eigenvalue weighted by Crippen LogP contribution is -2.46. The van der Waals surface area contributed by atoms with E-state index in [4.69, 9.17) is 17.3 Å². The second-order valence-corrected chi connectivity index (χ2v) is 8.24. The first-order chi connectivity index (χ1) is 10.3. The van der Waals surface area contributed by atoms with Gasteiger partial charge in [-0.3, -0.25) is 4.79 Å². The Balaban J connectivity index is 0.00000264. The molecule has 1 heterocycles. The summed E-state index contributed by atoms with van der Waals surface area (Å²) in [5.74, 6) is -0.642. The molecule has 0 aromatic heterocycles.